The van der Waals surface area contributed by atoms with E-state index in [9.17, 15) is 66.4 Å². The van der Waals surface area contributed by atoms with Crippen LogP contribution in [0.1, 0.15) is 0 Å². The van der Waals surface area contributed by atoms with E-state index < -0.39 is 143 Å². The molecule has 0 aromatic heterocycles. The lowest BCUT2D eigenvalue weighted by molar-refractivity contribution is -0.377. The van der Waals surface area contributed by atoms with Crippen LogP contribution in [0.5, 0.6) is 0 Å². The third-order valence-electron chi connectivity index (χ3n) is 8.10. The molecule has 0 aromatic rings. The fraction of sp³-hybridized carbons (Fsp3) is 1.00. The van der Waals surface area contributed by atoms with Gasteiger partial charge in [0.15, 0.2) is 18.9 Å². The van der Waals surface area contributed by atoms with E-state index in [1.54, 1.807) is 0 Å². The maximum atomic E-state index is 11.1. The highest BCUT2D eigenvalue weighted by atomic mass is 16.8. The van der Waals surface area contributed by atoms with Crippen molar-refractivity contribution in [2.75, 3.05) is 33.0 Å². The average molecular weight is 651 g/mol. The summed E-state index contributed by atoms with van der Waals surface area (Å²) in [6.07, 6.45) is -32.0. The van der Waals surface area contributed by atoms with E-state index in [0.29, 0.717) is 0 Å². The molecule has 4 fully saturated rings. The first-order valence-electron chi connectivity index (χ1n) is 14.0. The van der Waals surface area contributed by atoms with E-state index in [1.165, 1.54) is 0 Å². The van der Waals surface area contributed by atoms with E-state index in [4.69, 9.17) is 33.2 Å². The molecule has 0 radical (unpaired) electrons. The highest BCUT2D eigenvalue weighted by Gasteiger charge is 2.53. The van der Waals surface area contributed by atoms with Crippen LogP contribution in [0.3, 0.4) is 0 Å². The number of aliphatic hydroxyl groups is 13. The molecule has 13 N–H and O–H groups in total. The van der Waals surface area contributed by atoms with Crippen LogP contribution in [0.15, 0.2) is 0 Å². The first kappa shape index (κ1) is 36.0. The third-order valence-corrected chi connectivity index (χ3v) is 8.10. The van der Waals surface area contributed by atoms with Gasteiger partial charge in [-0.25, -0.2) is 0 Å². The molecule has 20 heteroatoms. The zero-order valence-corrected chi connectivity index (χ0v) is 23.2. The number of ether oxygens (including phenoxy) is 7. The molecule has 4 saturated heterocycles. The molecule has 4 aliphatic rings. The zero-order valence-electron chi connectivity index (χ0n) is 23.2. The molecule has 44 heavy (non-hydrogen) atoms. The van der Waals surface area contributed by atoms with Gasteiger partial charge in [0, 0.05) is 0 Å². The van der Waals surface area contributed by atoms with Gasteiger partial charge in [0.05, 0.1) is 33.0 Å². The largest absolute Gasteiger partial charge is 0.394 e. The van der Waals surface area contributed by atoms with Crippen molar-refractivity contribution in [3.05, 3.63) is 0 Å². The van der Waals surface area contributed by atoms with E-state index in [0.717, 1.165) is 0 Å². The Labute approximate surface area is 249 Å². The van der Waals surface area contributed by atoms with Crippen LogP contribution in [-0.4, -0.2) is 216 Å². The van der Waals surface area contributed by atoms with Crippen molar-refractivity contribution in [3.63, 3.8) is 0 Å². The molecule has 4 heterocycles. The first-order chi connectivity index (χ1) is 20.8. The Morgan fingerprint density at radius 3 is 1.48 bits per heavy atom. The Balaban J connectivity index is 1.55. The minimum Gasteiger partial charge on any atom is -0.394 e. The standard InChI is InChI=1S/C24H42O20/c25-1-7-13(31)20(6(28)4-38-7)43-24-19(37)21(44-23-18(36)16(34)12(30)9(3-27)41-23)14(32)10(42-24)5-39-22-17(35)15(33)11(29)8(2-26)40-22/h6-37H,1-5H2/t6-,7+,8-,9+,10+,11-,12+,13+,14+,15+,16-,17-,18+,19+,20+,21-,22-,23-,24-/m1/s1. The molecule has 0 bridgehead atoms. The summed E-state index contributed by atoms with van der Waals surface area (Å²) in [7, 11) is 0. The summed E-state index contributed by atoms with van der Waals surface area (Å²) in [5, 5.41) is 133. The Morgan fingerprint density at radius 1 is 0.455 bits per heavy atom. The maximum Gasteiger partial charge on any atom is 0.187 e. The number of aliphatic hydroxyl groups excluding tert-OH is 13. The van der Waals surface area contributed by atoms with Crippen molar-refractivity contribution < 1.29 is 99.5 Å². The smallest absolute Gasteiger partial charge is 0.187 e. The van der Waals surface area contributed by atoms with E-state index in [1.807, 2.05) is 0 Å². The third kappa shape index (κ3) is 7.35. The van der Waals surface area contributed by atoms with Gasteiger partial charge in [-0.05, 0) is 0 Å². The number of rotatable bonds is 10. The predicted molar refractivity (Wildman–Crippen MR) is 133 cm³/mol. The van der Waals surface area contributed by atoms with Crippen LogP contribution in [0.25, 0.3) is 0 Å². The summed E-state index contributed by atoms with van der Waals surface area (Å²) >= 11 is 0. The quantitative estimate of drug-likeness (QED) is 0.104. The average Bonchev–Trinajstić information content (AvgIpc) is 3.01. The molecule has 0 amide bonds. The van der Waals surface area contributed by atoms with E-state index in [-0.39, 0.29) is 6.61 Å². The highest BCUT2D eigenvalue weighted by molar-refractivity contribution is 4.96. The van der Waals surface area contributed by atoms with Crippen molar-refractivity contribution in [1.29, 1.82) is 0 Å². The topological polar surface area (TPSA) is 328 Å². The Hall–Kier alpha value is -0.800. The molecule has 19 atom stereocenters. The fourth-order valence-corrected chi connectivity index (χ4v) is 5.38. The van der Waals surface area contributed by atoms with Crippen LogP contribution in [0.2, 0.25) is 0 Å². The minimum absolute atomic E-state index is 0.382. The predicted octanol–water partition coefficient (Wildman–Crippen LogP) is -9.07. The summed E-state index contributed by atoms with van der Waals surface area (Å²) < 4.78 is 38.1. The van der Waals surface area contributed by atoms with Gasteiger partial charge < -0.3 is 99.5 Å². The summed E-state index contributed by atoms with van der Waals surface area (Å²) in [5.74, 6) is 0. The van der Waals surface area contributed by atoms with Gasteiger partial charge in [0.1, 0.15) is 97.7 Å². The molecule has 20 nitrogen and oxygen atoms in total. The van der Waals surface area contributed by atoms with Gasteiger partial charge in [0.2, 0.25) is 0 Å². The maximum absolute atomic E-state index is 11.1. The molecule has 258 valence electrons. The fourth-order valence-electron chi connectivity index (χ4n) is 5.38. The normalized spacial score (nSPS) is 52.2. The van der Waals surface area contributed by atoms with Crippen molar-refractivity contribution >= 4 is 0 Å². The van der Waals surface area contributed by atoms with Gasteiger partial charge in [-0.1, -0.05) is 0 Å². The van der Waals surface area contributed by atoms with Crippen LogP contribution >= 0.6 is 0 Å². The molecule has 0 aliphatic carbocycles. The second kappa shape index (κ2) is 15.4. The highest BCUT2D eigenvalue weighted by Crippen LogP contribution is 2.32. The lowest BCUT2D eigenvalue weighted by atomic mass is 9.96. The van der Waals surface area contributed by atoms with Gasteiger partial charge in [0.25, 0.3) is 0 Å². The van der Waals surface area contributed by atoms with Crippen LogP contribution < -0.4 is 0 Å². The molecule has 0 unspecified atom stereocenters. The minimum atomic E-state index is -1.98. The number of hydrogen-bond acceptors (Lipinski definition) is 20. The van der Waals surface area contributed by atoms with Crippen LogP contribution in [0.4, 0.5) is 0 Å². The first-order valence-corrected chi connectivity index (χ1v) is 14.0. The Kier molecular flexibility index (Phi) is 12.6. The molecule has 0 aromatic carbocycles. The monoisotopic (exact) mass is 650 g/mol. The molecule has 0 spiro atoms. The molecule has 0 saturated carbocycles. The van der Waals surface area contributed by atoms with Gasteiger partial charge in [-0.15, -0.1) is 0 Å². The van der Waals surface area contributed by atoms with Crippen LogP contribution in [0, 0.1) is 0 Å². The number of hydrogen-bond donors (Lipinski definition) is 13. The summed E-state index contributed by atoms with van der Waals surface area (Å²) in [6.45, 7) is -3.31. The summed E-state index contributed by atoms with van der Waals surface area (Å²) in [4.78, 5) is 0. The second-order valence-electron chi connectivity index (χ2n) is 11.1. The van der Waals surface area contributed by atoms with E-state index in [2.05, 4.69) is 0 Å². The SMILES string of the molecule is OC[C@@H]1O[C@H](O[C@H]2[C@H](O)[C@@H](O[C@@H]3[C@@H](O)[C@H](CO)OC[C@H]3O)O[C@@H](CO[C@@H]3O[C@H](CO)[C@@H](O)[C@H](O)[C@H]3O)[C@@H]2O)[C@@H](O)[C@H](O)[C@H]1O. The molecular weight excluding hydrogens is 608 g/mol. The van der Waals surface area contributed by atoms with E-state index >= 15 is 0 Å². The van der Waals surface area contributed by atoms with Crippen molar-refractivity contribution in [3.8, 4) is 0 Å². The Morgan fingerprint density at radius 2 is 0.909 bits per heavy atom. The molecular formula is C24H42O20. The zero-order chi connectivity index (χ0) is 32.5. The van der Waals surface area contributed by atoms with Crippen molar-refractivity contribution in [2.24, 2.45) is 0 Å². The lowest BCUT2D eigenvalue weighted by Crippen LogP contribution is -2.66. The van der Waals surface area contributed by atoms with Crippen LogP contribution in [-0.2, 0) is 33.2 Å². The summed E-state index contributed by atoms with van der Waals surface area (Å²) in [6, 6.07) is 0. The summed E-state index contributed by atoms with van der Waals surface area (Å²) in [5.41, 5.74) is 0. The van der Waals surface area contributed by atoms with Crippen molar-refractivity contribution in [1.82, 2.24) is 0 Å². The van der Waals surface area contributed by atoms with Gasteiger partial charge in [-0.2, -0.15) is 0 Å². The second-order valence-corrected chi connectivity index (χ2v) is 11.1. The molecule has 4 rings (SSSR count). The lowest BCUT2D eigenvalue weighted by Gasteiger charge is -2.48. The van der Waals surface area contributed by atoms with Gasteiger partial charge in [-0.3, -0.25) is 0 Å². The Bertz CT molecular complexity index is 883. The molecule has 4 aliphatic heterocycles. The van der Waals surface area contributed by atoms with Gasteiger partial charge >= 0.3 is 0 Å². The van der Waals surface area contributed by atoms with Crippen molar-refractivity contribution in [2.45, 2.75) is 117 Å².